The van der Waals surface area contributed by atoms with Crippen LogP contribution in [0.4, 0.5) is 0 Å². The molecule has 0 aliphatic carbocycles. The summed E-state index contributed by atoms with van der Waals surface area (Å²) < 4.78 is 12.4. The molecule has 1 fully saturated rings. The van der Waals surface area contributed by atoms with E-state index in [-0.39, 0.29) is 12.2 Å². The highest BCUT2D eigenvalue weighted by molar-refractivity contribution is 5.44. The molecule has 3 nitrogen and oxygen atoms in total. The first kappa shape index (κ1) is 18.7. The standard InChI is InChI=1S/C24H30O3/c1-4-5-18-6-8-19(9-7-18)12-20-13-23-21(10-16(20)2)15-26-24(23)14-22(25)11-17(3)27-24/h6-10,13,17,22,25H,4-5,11-12,14-15H2,1-3H3/t17?,22?,24-/m1/s1. The summed E-state index contributed by atoms with van der Waals surface area (Å²) in [6.07, 6.45) is 4.01. The Balaban J connectivity index is 1.63. The molecule has 27 heavy (non-hydrogen) atoms. The van der Waals surface area contributed by atoms with Crippen molar-refractivity contribution in [2.24, 2.45) is 0 Å². The number of aryl methyl sites for hydroxylation is 2. The van der Waals surface area contributed by atoms with Gasteiger partial charge in [-0.05, 0) is 67.0 Å². The quantitative estimate of drug-likeness (QED) is 0.846. The van der Waals surface area contributed by atoms with Gasteiger partial charge in [-0.1, -0.05) is 43.7 Å². The van der Waals surface area contributed by atoms with Crippen molar-refractivity contribution in [1.82, 2.24) is 0 Å². The third kappa shape index (κ3) is 3.69. The molecule has 1 saturated heterocycles. The van der Waals surface area contributed by atoms with Crippen molar-refractivity contribution in [3.63, 3.8) is 0 Å². The zero-order chi connectivity index (χ0) is 19.0. The molecule has 2 aliphatic heterocycles. The van der Waals surface area contributed by atoms with Crippen LogP contribution in [0.25, 0.3) is 0 Å². The zero-order valence-corrected chi connectivity index (χ0v) is 16.6. The van der Waals surface area contributed by atoms with Crippen molar-refractivity contribution in [2.75, 3.05) is 0 Å². The number of hydrogen-bond acceptors (Lipinski definition) is 3. The topological polar surface area (TPSA) is 38.7 Å². The number of benzene rings is 2. The van der Waals surface area contributed by atoms with Crippen molar-refractivity contribution in [3.8, 4) is 0 Å². The number of ether oxygens (including phenoxy) is 2. The minimum absolute atomic E-state index is 0.00411. The van der Waals surface area contributed by atoms with Crippen molar-refractivity contribution in [2.45, 2.75) is 77.5 Å². The second-order valence-electron chi connectivity index (χ2n) is 8.24. The fourth-order valence-electron chi connectivity index (χ4n) is 4.55. The maximum absolute atomic E-state index is 10.3. The summed E-state index contributed by atoms with van der Waals surface area (Å²) in [6, 6.07) is 13.5. The molecule has 1 N–H and O–H groups in total. The molecular formula is C24H30O3. The molecule has 3 atom stereocenters. The summed E-state index contributed by atoms with van der Waals surface area (Å²) in [4.78, 5) is 0. The highest BCUT2D eigenvalue weighted by Gasteiger charge is 2.47. The van der Waals surface area contributed by atoms with Crippen LogP contribution in [-0.2, 0) is 34.7 Å². The summed E-state index contributed by atoms with van der Waals surface area (Å²) in [5.41, 5.74) is 7.61. The molecule has 1 spiro atoms. The van der Waals surface area contributed by atoms with Crippen molar-refractivity contribution in [1.29, 1.82) is 0 Å². The Hall–Kier alpha value is -1.68. The van der Waals surface area contributed by atoms with E-state index in [1.807, 2.05) is 6.92 Å². The molecule has 144 valence electrons. The molecule has 2 aliphatic rings. The van der Waals surface area contributed by atoms with Gasteiger partial charge in [-0.15, -0.1) is 0 Å². The van der Waals surface area contributed by atoms with Crippen molar-refractivity contribution >= 4 is 0 Å². The van der Waals surface area contributed by atoms with E-state index < -0.39 is 5.79 Å². The van der Waals surface area contributed by atoms with Gasteiger partial charge in [0, 0.05) is 12.0 Å². The molecule has 0 amide bonds. The van der Waals surface area contributed by atoms with Gasteiger partial charge in [0.1, 0.15) is 0 Å². The van der Waals surface area contributed by atoms with Gasteiger partial charge in [-0.25, -0.2) is 0 Å². The lowest BCUT2D eigenvalue weighted by atomic mass is 9.88. The Kier molecular flexibility index (Phi) is 5.11. The number of aliphatic hydroxyl groups excluding tert-OH is 1. The van der Waals surface area contributed by atoms with E-state index in [1.165, 1.54) is 34.2 Å². The first-order chi connectivity index (χ1) is 13.0. The SMILES string of the molecule is CCCc1ccc(Cc2cc3c(cc2C)CO[C@@]32CC(O)CC(C)O2)cc1. The van der Waals surface area contributed by atoms with Gasteiger partial charge in [-0.3, -0.25) is 0 Å². The van der Waals surface area contributed by atoms with Gasteiger partial charge in [0.25, 0.3) is 0 Å². The molecule has 2 heterocycles. The van der Waals surface area contributed by atoms with E-state index in [9.17, 15) is 5.11 Å². The molecule has 2 aromatic rings. The Morgan fingerprint density at radius 2 is 1.89 bits per heavy atom. The van der Waals surface area contributed by atoms with Crippen LogP contribution in [0.2, 0.25) is 0 Å². The van der Waals surface area contributed by atoms with E-state index in [1.54, 1.807) is 0 Å². The van der Waals surface area contributed by atoms with Crippen molar-refractivity contribution < 1.29 is 14.6 Å². The number of rotatable bonds is 4. The van der Waals surface area contributed by atoms with E-state index >= 15 is 0 Å². The highest BCUT2D eigenvalue weighted by atomic mass is 16.7. The first-order valence-electron chi connectivity index (χ1n) is 10.2. The van der Waals surface area contributed by atoms with Gasteiger partial charge in [0.05, 0.1) is 18.8 Å². The maximum atomic E-state index is 10.3. The van der Waals surface area contributed by atoms with Gasteiger partial charge in [0.2, 0.25) is 0 Å². The summed E-state index contributed by atoms with van der Waals surface area (Å²) in [7, 11) is 0. The molecule has 2 unspecified atom stereocenters. The third-order valence-electron chi connectivity index (χ3n) is 5.89. The van der Waals surface area contributed by atoms with Gasteiger partial charge < -0.3 is 14.6 Å². The van der Waals surface area contributed by atoms with Crippen LogP contribution in [0.15, 0.2) is 36.4 Å². The highest BCUT2D eigenvalue weighted by Crippen LogP contribution is 2.46. The second kappa shape index (κ2) is 7.38. The van der Waals surface area contributed by atoms with Crippen LogP contribution in [0.3, 0.4) is 0 Å². The Bertz CT molecular complexity index is 799. The molecule has 4 rings (SSSR count). The molecule has 0 radical (unpaired) electrons. The van der Waals surface area contributed by atoms with Crippen LogP contribution in [0, 0.1) is 6.92 Å². The normalized spacial score (nSPS) is 27.1. The summed E-state index contributed by atoms with van der Waals surface area (Å²) >= 11 is 0. The van der Waals surface area contributed by atoms with Crippen LogP contribution < -0.4 is 0 Å². The minimum atomic E-state index is -0.778. The average Bonchev–Trinajstić information content (AvgIpc) is 2.93. The van der Waals surface area contributed by atoms with Gasteiger partial charge >= 0.3 is 0 Å². The van der Waals surface area contributed by atoms with Gasteiger partial charge in [0.15, 0.2) is 5.79 Å². The lowest BCUT2D eigenvalue weighted by Crippen LogP contribution is -2.43. The fraction of sp³-hybridized carbons (Fsp3) is 0.500. The largest absolute Gasteiger partial charge is 0.393 e. The Morgan fingerprint density at radius 3 is 2.59 bits per heavy atom. The molecule has 3 heteroatoms. The maximum Gasteiger partial charge on any atom is 0.198 e. The molecule has 2 aromatic carbocycles. The lowest BCUT2D eigenvalue weighted by Gasteiger charge is -2.39. The molecule has 0 saturated carbocycles. The predicted octanol–water partition coefficient (Wildman–Crippen LogP) is 4.78. The van der Waals surface area contributed by atoms with Crippen LogP contribution in [-0.4, -0.2) is 17.3 Å². The predicted molar refractivity (Wildman–Crippen MR) is 107 cm³/mol. The number of fused-ring (bicyclic) bond motifs is 2. The van der Waals surface area contributed by atoms with Gasteiger partial charge in [-0.2, -0.15) is 0 Å². The summed E-state index contributed by atoms with van der Waals surface area (Å²) in [5, 5.41) is 10.3. The Labute approximate surface area is 162 Å². The van der Waals surface area contributed by atoms with E-state index in [0.29, 0.717) is 19.4 Å². The van der Waals surface area contributed by atoms with Crippen LogP contribution in [0.5, 0.6) is 0 Å². The summed E-state index contributed by atoms with van der Waals surface area (Å²) in [5.74, 6) is -0.778. The summed E-state index contributed by atoms with van der Waals surface area (Å²) in [6.45, 7) is 6.95. The average molecular weight is 367 g/mol. The van der Waals surface area contributed by atoms with E-state index in [4.69, 9.17) is 9.47 Å². The molecular weight excluding hydrogens is 336 g/mol. The van der Waals surface area contributed by atoms with Crippen molar-refractivity contribution in [3.05, 3.63) is 69.8 Å². The smallest absolute Gasteiger partial charge is 0.198 e. The number of aliphatic hydroxyl groups is 1. The monoisotopic (exact) mass is 366 g/mol. The fourth-order valence-corrected chi connectivity index (χ4v) is 4.55. The van der Waals surface area contributed by atoms with Crippen LogP contribution >= 0.6 is 0 Å². The Morgan fingerprint density at radius 1 is 1.15 bits per heavy atom. The van der Waals surface area contributed by atoms with E-state index in [2.05, 4.69) is 50.2 Å². The lowest BCUT2D eigenvalue weighted by molar-refractivity contribution is -0.295. The van der Waals surface area contributed by atoms with E-state index in [0.717, 1.165) is 18.4 Å². The minimum Gasteiger partial charge on any atom is -0.393 e. The zero-order valence-electron chi connectivity index (χ0n) is 16.6. The third-order valence-corrected chi connectivity index (χ3v) is 5.89. The second-order valence-corrected chi connectivity index (χ2v) is 8.24. The van der Waals surface area contributed by atoms with Crippen LogP contribution in [0.1, 0.15) is 66.5 Å². The first-order valence-corrected chi connectivity index (χ1v) is 10.2. The molecule has 0 aromatic heterocycles. The molecule has 0 bridgehead atoms. The number of hydrogen-bond donors (Lipinski definition) is 1.